The number of rotatable bonds is 11. The molecule has 2 aromatic carbocycles. The Morgan fingerprint density at radius 1 is 0.719 bits per heavy atom. The number of methoxy groups -OCH3 is 2. The van der Waals surface area contributed by atoms with Gasteiger partial charge in [0.15, 0.2) is 5.58 Å². The summed E-state index contributed by atoms with van der Waals surface area (Å²) in [4.78, 5) is 75.6. The van der Waals surface area contributed by atoms with Crippen LogP contribution in [0.5, 0.6) is 0 Å². The van der Waals surface area contributed by atoms with Crippen LogP contribution in [-0.2, 0) is 19.1 Å². The van der Waals surface area contributed by atoms with E-state index in [4.69, 9.17) is 18.9 Å². The number of likely N-dealkylation sites (tertiary alicyclic amines) is 2. The van der Waals surface area contributed by atoms with Crippen molar-refractivity contribution in [2.45, 2.75) is 77.5 Å². The number of hydrogen-bond donors (Lipinski definition) is 4. The molecule has 5 aromatic rings. The Bertz CT molecular complexity index is 2240. The third kappa shape index (κ3) is 8.07. The van der Waals surface area contributed by atoms with Gasteiger partial charge < -0.3 is 44.3 Å². The minimum atomic E-state index is -0.708. The lowest BCUT2D eigenvalue weighted by atomic mass is 10.0. The van der Waals surface area contributed by atoms with Crippen molar-refractivity contribution >= 4 is 35.1 Å². The summed E-state index contributed by atoms with van der Waals surface area (Å²) in [5, 5.41) is 5.37. The number of amides is 4. The molecule has 4 amide bonds. The molecule has 57 heavy (non-hydrogen) atoms. The minimum Gasteiger partial charge on any atom is -0.453 e. The molecular formula is C41H49N9O7. The molecule has 2 aliphatic rings. The van der Waals surface area contributed by atoms with Gasteiger partial charge in [-0.15, -0.1) is 0 Å². The molecule has 0 bridgehead atoms. The number of alkyl carbamates (subject to hydrolysis) is 2. The summed E-state index contributed by atoms with van der Waals surface area (Å²) in [5.41, 5.74) is 5.51. The summed E-state index contributed by atoms with van der Waals surface area (Å²) >= 11 is 0. The van der Waals surface area contributed by atoms with E-state index >= 15 is 0 Å². The Morgan fingerprint density at radius 3 is 1.68 bits per heavy atom. The molecule has 0 saturated carbocycles. The summed E-state index contributed by atoms with van der Waals surface area (Å²) in [6.07, 6.45) is 5.43. The van der Waals surface area contributed by atoms with Gasteiger partial charge in [0, 0.05) is 24.2 Å². The Kier molecular flexibility index (Phi) is 11.3. The van der Waals surface area contributed by atoms with Crippen molar-refractivity contribution in [1.82, 2.24) is 45.4 Å². The maximum atomic E-state index is 13.6. The van der Waals surface area contributed by atoms with Gasteiger partial charge in [-0.25, -0.2) is 24.5 Å². The molecular weight excluding hydrogens is 731 g/mol. The molecule has 2 saturated heterocycles. The zero-order chi connectivity index (χ0) is 40.4. The average Bonchev–Trinajstić information content (AvgIpc) is 4.06. The minimum absolute atomic E-state index is 0.118. The number of carbonyl (C=O) groups excluding carboxylic acids is 4. The molecule has 4 atom stereocenters. The molecule has 0 spiro atoms. The number of aromatic nitrogens is 5. The number of hydrogen-bond acceptors (Lipinski definition) is 10. The SMILES string of the molecule is COC(=O)N[C@H](C(=O)N1CCCC1c1ncc(-c2ccc(-c3nc4cc(-c5cnc([C@@H]6CCCN6C(=O)[C@@H](NC(=O)OC)C(C)C)[nH]5)ccc4o3)cc2)[nH]1)C(C)C. The highest BCUT2D eigenvalue weighted by molar-refractivity contribution is 5.87. The molecule has 2 aliphatic heterocycles. The predicted molar refractivity (Wildman–Crippen MR) is 210 cm³/mol. The topological polar surface area (TPSA) is 201 Å². The van der Waals surface area contributed by atoms with Crippen LogP contribution >= 0.6 is 0 Å². The molecule has 2 fully saturated rings. The Balaban J connectivity index is 1.03. The van der Waals surface area contributed by atoms with Crippen LogP contribution in [0.2, 0.25) is 0 Å². The van der Waals surface area contributed by atoms with E-state index in [-0.39, 0.29) is 35.7 Å². The van der Waals surface area contributed by atoms with E-state index in [9.17, 15) is 19.2 Å². The average molecular weight is 780 g/mol. The fraction of sp³-hybridized carbons (Fsp3) is 0.439. The third-order valence-corrected chi connectivity index (χ3v) is 10.8. The number of oxazole rings is 1. The monoisotopic (exact) mass is 779 g/mol. The number of nitrogens with zero attached hydrogens (tertiary/aromatic N) is 5. The number of carbonyl (C=O) groups is 4. The van der Waals surface area contributed by atoms with Gasteiger partial charge in [-0.05, 0) is 73.4 Å². The fourth-order valence-electron chi connectivity index (χ4n) is 7.70. The van der Waals surface area contributed by atoms with Crippen molar-refractivity contribution in [3.8, 4) is 34.0 Å². The second-order valence-electron chi connectivity index (χ2n) is 15.2. The van der Waals surface area contributed by atoms with Crippen LogP contribution in [0.4, 0.5) is 9.59 Å². The second-order valence-corrected chi connectivity index (χ2v) is 15.2. The predicted octanol–water partition coefficient (Wildman–Crippen LogP) is 6.36. The van der Waals surface area contributed by atoms with Crippen LogP contribution < -0.4 is 10.6 Å². The molecule has 3 aromatic heterocycles. The fourth-order valence-corrected chi connectivity index (χ4v) is 7.70. The Hall–Kier alpha value is -6.19. The van der Waals surface area contributed by atoms with Crippen LogP contribution in [0.1, 0.15) is 77.1 Å². The molecule has 7 rings (SSSR count). The van der Waals surface area contributed by atoms with Gasteiger partial charge in [0.1, 0.15) is 29.2 Å². The van der Waals surface area contributed by atoms with Crippen LogP contribution in [-0.4, -0.2) is 98.1 Å². The summed E-state index contributed by atoms with van der Waals surface area (Å²) in [5.74, 6) is 1.30. The molecule has 16 nitrogen and oxygen atoms in total. The molecule has 16 heteroatoms. The standard InChI is InChI=1S/C41H49N9O7/c1-22(2)33(47-40(53)55-5)38(51)49-17-7-9-30(49)35-42-20-28(44-35)24-11-13-25(14-12-24)37-46-27-19-26(15-16-32(27)57-37)29-21-43-36(45-29)31-10-8-18-50(31)39(52)34(23(3)4)48-41(54)56-6/h11-16,19-23,30-31,33-34H,7-10,17-18H2,1-6H3,(H,42,44)(H,43,45)(H,47,53)(H,48,54)/t30?,31-,33-,34-/m0/s1. The van der Waals surface area contributed by atoms with Gasteiger partial charge in [-0.2, -0.15) is 0 Å². The smallest absolute Gasteiger partial charge is 0.407 e. The van der Waals surface area contributed by atoms with Crippen LogP contribution in [0.25, 0.3) is 45.1 Å². The number of fused-ring (bicyclic) bond motifs is 1. The van der Waals surface area contributed by atoms with Crippen LogP contribution in [0.15, 0.2) is 59.3 Å². The Morgan fingerprint density at radius 2 is 1.19 bits per heavy atom. The number of ether oxygens (including phenoxy) is 2. The lowest BCUT2D eigenvalue weighted by Crippen LogP contribution is -2.51. The van der Waals surface area contributed by atoms with Crippen LogP contribution in [0, 0.1) is 11.8 Å². The largest absolute Gasteiger partial charge is 0.453 e. The third-order valence-electron chi connectivity index (χ3n) is 10.8. The maximum Gasteiger partial charge on any atom is 0.407 e. The van der Waals surface area contributed by atoms with Gasteiger partial charge in [-0.3, -0.25) is 9.59 Å². The molecule has 0 aliphatic carbocycles. The van der Waals surface area contributed by atoms with E-state index in [1.54, 1.807) is 22.2 Å². The summed E-state index contributed by atoms with van der Waals surface area (Å²) in [6.45, 7) is 8.71. The first-order valence-corrected chi connectivity index (χ1v) is 19.4. The van der Waals surface area contributed by atoms with Crippen molar-refractivity contribution in [3.63, 3.8) is 0 Å². The number of aromatic amines is 2. The number of imidazole rings is 2. The molecule has 5 heterocycles. The van der Waals surface area contributed by atoms with Gasteiger partial charge in [0.2, 0.25) is 17.7 Å². The van der Waals surface area contributed by atoms with Gasteiger partial charge in [0.05, 0.1) is 50.1 Å². The van der Waals surface area contributed by atoms with E-state index in [1.165, 1.54) is 14.2 Å². The Labute approximate surface area is 330 Å². The summed E-state index contributed by atoms with van der Waals surface area (Å²) < 4.78 is 15.7. The van der Waals surface area contributed by atoms with E-state index in [1.807, 2.05) is 70.2 Å². The molecule has 0 radical (unpaired) electrons. The van der Waals surface area contributed by atoms with Gasteiger partial charge >= 0.3 is 12.2 Å². The number of nitrogens with one attached hydrogen (secondary N) is 4. The highest BCUT2D eigenvalue weighted by Crippen LogP contribution is 2.35. The summed E-state index contributed by atoms with van der Waals surface area (Å²) in [7, 11) is 2.56. The van der Waals surface area contributed by atoms with E-state index in [0.29, 0.717) is 41.7 Å². The first-order valence-electron chi connectivity index (χ1n) is 19.4. The van der Waals surface area contributed by atoms with Crippen molar-refractivity contribution in [2.75, 3.05) is 27.3 Å². The molecule has 1 unspecified atom stereocenters. The zero-order valence-electron chi connectivity index (χ0n) is 33.0. The van der Waals surface area contributed by atoms with Crippen LogP contribution in [0.3, 0.4) is 0 Å². The zero-order valence-corrected chi connectivity index (χ0v) is 33.0. The second kappa shape index (κ2) is 16.5. The van der Waals surface area contributed by atoms with Crippen molar-refractivity contribution in [2.24, 2.45) is 11.8 Å². The van der Waals surface area contributed by atoms with E-state index in [0.717, 1.165) is 53.8 Å². The van der Waals surface area contributed by atoms with Crippen molar-refractivity contribution < 1.29 is 33.1 Å². The first-order chi connectivity index (χ1) is 27.4. The quantitative estimate of drug-likeness (QED) is 0.117. The van der Waals surface area contributed by atoms with E-state index < -0.39 is 24.3 Å². The van der Waals surface area contributed by atoms with Crippen molar-refractivity contribution in [3.05, 3.63) is 66.5 Å². The van der Waals surface area contributed by atoms with E-state index in [2.05, 4.69) is 30.6 Å². The number of H-pyrrole nitrogens is 2. The molecule has 300 valence electrons. The highest BCUT2D eigenvalue weighted by atomic mass is 16.5. The lowest BCUT2D eigenvalue weighted by molar-refractivity contribution is -0.136. The van der Waals surface area contributed by atoms with Gasteiger partial charge in [-0.1, -0.05) is 39.8 Å². The lowest BCUT2D eigenvalue weighted by Gasteiger charge is -2.30. The summed E-state index contributed by atoms with van der Waals surface area (Å²) in [6, 6.07) is 11.7. The van der Waals surface area contributed by atoms with Gasteiger partial charge in [0.25, 0.3) is 0 Å². The van der Waals surface area contributed by atoms with Crippen molar-refractivity contribution in [1.29, 1.82) is 0 Å². The number of benzene rings is 2. The maximum absolute atomic E-state index is 13.6. The normalized spacial score (nSPS) is 18.0. The highest BCUT2D eigenvalue weighted by Gasteiger charge is 2.39. The molecule has 4 N–H and O–H groups in total. The first kappa shape index (κ1) is 39.1.